The van der Waals surface area contributed by atoms with E-state index >= 15 is 0 Å². The molecule has 1 aliphatic rings. The van der Waals surface area contributed by atoms with Crippen LogP contribution in [0.5, 0.6) is 0 Å². The van der Waals surface area contributed by atoms with Crippen molar-refractivity contribution >= 4 is 35.2 Å². The van der Waals surface area contributed by atoms with Gasteiger partial charge in [0.25, 0.3) is 0 Å². The van der Waals surface area contributed by atoms with Crippen LogP contribution in [-0.2, 0) is 20.1 Å². The van der Waals surface area contributed by atoms with Crippen molar-refractivity contribution in [3.63, 3.8) is 0 Å². The minimum atomic E-state index is -1.58. The minimum Gasteiger partial charge on any atom is -0.501 e. The molecular formula is C30H36IrNOSi-. The molecule has 0 unspecified atom stereocenters. The zero-order valence-electron chi connectivity index (χ0n) is 21.5. The van der Waals surface area contributed by atoms with E-state index in [0.29, 0.717) is 16.7 Å². The number of pyridine rings is 1. The van der Waals surface area contributed by atoms with Gasteiger partial charge in [0, 0.05) is 39.8 Å². The zero-order chi connectivity index (χ0) is 23.6. The summed E-state index contributed by atoms with van der Waals surface area (Å²) in [5.41, 5.74) is 5.94. The second-order valence-electron chi connectivity index (χ2n) is 12.7. The van der Waals surface area contributed by atoms with Crippen LogP contribution in [0, 0.1) is 16.9 Å². The average Bonchev–Trinajstić information content (AvgIpc) is 3.10. The maximum atomic E-state index is 6.48. The molecule has 0 atom stereocenters. The SMILES string of the molecule is CC1(C)CC(c2ccnc(-c3[c-]cc([Si](C)(C)C)c4c3oc3ccccc34)c2)CC(C)(C)C1.[Ir]. The van der Waals surface area contributed by atoms with Gasteiger partial charge in [-0.05, 0) is 53.8 Å². The van der Waals surface area contributed by atoms with Gasteiger partial charge in [0.2, 0.25) is 0 Å². The van der Waals surface area contributed by atoms with E-state index in [4.69, 9.17) is 9.40 Å². The van der Waals surface area contributed by atoms with Crippen molar-refractivity contribution in [2.24, 2.45) is 10.8 Å². The largest absolute Gasteiger partial charge is 0.501 e. The molecule has 0 aliphatic heterocycles. The third kappa shape index (κ3) is 4.70. The van der Waals surface area contributed by atoms with Gasteiger partial charge >= 0.3 is 0 Å². The Kier molecular flexibility index (Phi) is 6.51. The van der Waals surface area contributed by atoms with Crippen LogP contribution in [0.25, 0.3) is 33.2 Å². The summed E-state index contributed by atoms with van der Waals surface area (Å²) >= 11 is 0. The second-order valence-corrected chi connectivity index (χ2v) is 17.8. The number of nitrogens with zero attached hydrogens (tertiary/aromatic N) is 1. The third-order valence-corrected chi connectivity index (χ3v) is 9.34. The summed E-state index contributed by atoms with van der Waals surface area (Å²) in [6, 6.07) is 18.8. The van der Waals surface area contributed by atoms with Crippen LogP contribution in [0.4, 0.5) is 0 Å². The van der Waals surface area contributed by atoms with E-state index in [1.165, 1.54) is 40.8 Å². The first-order valence-corrected chi connectivity index (χ1v) is 15.8. The number of rotatable bonds is 3. The molecule has 0 bridgehead atoms. The molecule has 1 saturated carbocycles. The Balaban J connectivity index is 0.00000274. The monoisotopic (exact) mass is 647 g/mol. The molecule has 2 heterocycles. The van der Waals surface area contributed by atoms with Crippen molar-refractivity contribution in [2.75, 3.05) is 0 Å². The first-order valence-electron chi connectivity index (χ1n) is 12.3. The van der Waals surface area contributed by atoms with Crippen molar-refractivity contribution in [3.8, 4) is 11.3 Å². The molecule has 2 aromatic carbocycles. The van der Waals surface area contributed by atoms with E-state index in [2.05, 4.69) is 89.8 Å². The van der Waals surface area contributed by atoms with Crippen LogP contribution in [0.15, 0.2) is 53.1 Å². The fourth-order valence-electron chi connectivity index (χ4n) is 6.47. The molecule has 2 aromatic heterocycles. The van der Waals surface area contributed by atoms with E-state index < -0.39 is 8.07 Å². The van der Waals surface area contributed by atoms with Crippen LogP contribution in [0.1, 0.15) is 58.4 Å². The van der Waals surface area contributed by atoms with Crippen LogP contribution < -0.4 is 5.19 Å². The molecule has 0 amide bonds. The quantitative estimate of drug-likeness (QED) is 0.165. The van der Waals surface area contributed by atoms with Crippen molar-refractivity contribution in [3.05, 3.63) is 60.3 Å². The van der Waals surface area contributed by atoms with Gasteiger partial charge in [-0.15, -0.1) is 17.3 Å². The number of fused-ring (bicyclic) bond motifs is 3. The molecule has 181 valence electrons. The first-order chi connectivity index (χ1) is 15.4. The molecule has 0 spiro atoms. The van der Waals surface area contributed by atoms with Crippen LogP contribution in [0.2, 0.25) is 19.6 Å². The summed E-state index contributed by atoms with van der Waals surface area (Å²) in [6.07, 6.45) is 5.70. The third-order valence-electron chi connectivity index (χ3n) is 7.33. The summed E-state index contributed by atoms with van der Waals surface area (Å²) in [4.78, 5) is 4.81. The number of benzene rings is 2. The van der Waals surface area contributed by atoms with Crippen molar-refractivity contribution in [1.82, 2.24) is 4.98 Å². The average molecular weight is 647 g/mol. The minimum absolute atomic E-state index is 0. The van der Waals surface area contributed by atoms with Crippen molar-refractivity contribution < 1.29 is 24.5 Å². The summed E-state index contributed by atoms with van der Waals surface area (Å²) in [6.45, 7) is 16.9. The summed E-state index contributed by atoms with van der Waals surface area (Å²) in [5.74, 6) is 0.554. The van der Waals surface area contributed by atoms with E-state index in [-0.39, 0.29) is 20.1 Å². The van der Waals surface area contributed by atoms with Gasteiger partial charge in [0.1, 0.15) is 5.58 Å². The molecule has 1 radical (unpaired) electrons. The van der Waals surface area contributed by atoms with E-state index in [0.717, 1.165) is 22.4 Å². The molecule has 1 aliphatic carbocycles. The predicted octanol–water partition coefficient (Wildman–Crippen LogP) is 8.31. The molecule has 0 saturated heterocycles. The van der Waals surface area contributed by atoms with Crippen molar-refractivity contribution in [2.45, 2.75) is 72.5 Å². The van der Waals surface area contributed by atoms with E-state index in [9.17, 15) is 0 Å². The van der Waals surface area contributed by atoms with Gasteiger partial charge in [-0.25, -0.2) is 0 Å². The van der Waals surface area contributed by atoms with E-state index in [1.807, 2.05) is 12.3 Å². The number of hydrogen-bond acceptors (Lipinski definition) is 2. The van der Waals surface area contributed by atoms with Gasteiger partial charge in [0.05, 0.1) is 5.58 Å². The van der Waals surface area contributed by atoms with Crippen molar-refractivity contribution in [1.29, 1.82) is 0 Å². The molecule has 5 rings (SSSR count). The van der Waals surface area contributed by atoms with Crippen LogP contribution >= 0.6 is 0 Å². The van der Waals surface area contributed by atoms with E-state index in [1.54, 1.807) is 0 Å². The maximum Gasteiger partial charge on any atom is 0.120 e. The summed E-state index contributed by atoms with van der Waals surface area (Å²) in [7, 11) is -1.58. The molecular weight excluding hydrogens is 611 g/mol. The normalized spacial score (nSPS) is 18.2. The number of para-hydroxylation sites is 1. The fourth-order valence-corrected chi connectivity index (χ4v) is 7.98. The Morgan fingerprint density at radius 1 is 1.00 bits per heavy atom. The Labute approximate surface area is 218 Å². The molecule has 34 heavy (non-hydrogen) atoms. The standard InChI is InChI=1S/C30H36NOSi.Ir/c1-29(2)17-21(18-30(3,4)19-29)20-14-15-31-24(16-20)22-12-13-26(33(5,6)7)27-23-10-8-9-11-25(23)32-28(22)27;/h8-11,13-16,21H,17-19H2,1-7H3;/q-1;. The smallest absolute Gasteiger partial charge is 0.120 e. The Morgan fingerprint density at radius 3 is 2.35 bits per heavy atom. The molecule has 1 fully saturated rings. The predicted molar refractivity (Wildman–Crippen MR) is 143 cm³/mol. The summed E-state index contributed by atoms with van der Waals surface area (Å²) in [5, 5.41) is 3.86. The Hall–Kier alpha value is -1.74. The molecule has 2 nitrogen and oxygen atoms in total. The Bertz CT molecular complexity index is 1330. The number of furan rings is 1. The second kappa shape index (κ2) is 8.73. The topological polar surface area (TPSA) is 26.0 Å². The molecule has 4 aromatic rings. The van der Waals surface area contributed by atoms with Gasteiger partial charge < -0.3 is 9.40 Å². The van der Waals surface area contributed by atoms with Gasteiger partial charge in [-0.1, -0.05) is 88.1 Å². The maximum absolute atomic E-state index is 6.48. The number of aromatic nitrogens is 1. The molecule has 4 heteroatoms. The van der Waals surface area contributed by atoms with Crippen LogP contribution in [-0.4, -0.2) is 13.1 Å². The first kappa shape index (κ1) is 25.4. The Morgan fingerprint density at radius 2 is 1.68 bits per heavy atom. The molecule has 0 N–H and O–H groups in total. The summed E-state index contributed by atoms with van der Waals surface area (Å²) < 4.78 is 6.48. The van der Waals surface area contributed by atoms with Crippen LogP contribution in [0.3, 0.4) is 0 Å². The number of hydrogen-bond donors (Lipinski definition) is 0. The van der Waals surface area contributed by atoms with Gasteiger partial charge in [-0.3, -0.25) is 0 Å². The fraction of sp³-hybridized carbons (Fsp3) is 0.433. The van der Waals surface area contributed by atoms with Gasteiger partial charge in [-0.2, -0.15) is 0 Å². The zero-order valence-corrected chi connectivity index (χ0v) is 24.9. The van der Waals surface area contributed by atoms with Gasteiger partial charge in [0.15, 0.2) is 0 Å².